The van der Waals surface area contributed by atoms with Gasteiger partial charge in [0.05, 0.1) is 12.8 Å². The van der Waals surface area contributed by atoms with Gasteiger partial charge in [-0.3, -0.25) is 0 Å². The molecule has 4 heteroatoms. The monoisotopic (exact) mass is 257 g/mol. The summed E-state index contributed by atoms with van der Waals surface area (Å²) in [6, 6.07) is 7.95. The lowest BCUT2D eigenvalue weighted by Crippen LogP contribution is -2.05. The van der Waals surface area contributed by atoms with Gasteiger partial charge in [0, 0.05) is 17.7 Å². The van der Waals surface area contributed by atoms with Crippen molar-refractivity contribution in [3.05, 3.63) is 36.2 Å². The Labute approximate surface area is 113 Å². The predicted octanol–water partition coefficient (Wildman–Crippen LogP) is 3.15. The molecule has 0 amide bonds. The number of aromatic nitrogens is 2. The second-order valence-corrected chi connectivity index (χ2v) is 4.17. The van der Waals surface area contributed by atoms with Crippen LogP contribution in [-0.4, -0.2) is 23.6 Å². The second kappa shape index (κ2) is 6.18. The number of ether oxygens (including phenoxy) is 1. The molecule has 19 heavy (non-hydrogen) atoms. The minimum Gasteiger partial charge on any atom is -0.497 e. The summed E-state index contributed by atoms with van der Waals surface area (Å²) in [7, 11) is 1.67. The van der Waals surface area contributed by atoms with Crippen LogP contribution in [0.2, 0.25) is 0 Å². The van der Waals surface area contributed by atoms with E-state index in [1.807, 2.05) is 24.3 Å². The van der Waals surface area contributed by atoms with Gasteiger partial charge < -0.3 is 10.1 Å². The van der Waals surface area contributed by atoms with Crippen LogP contribution >= 0.6 is 0 Å². The van der Waals surface area contributed by atoms with Crippen LogP contribution in [0.5, 0.6) is 5.75 Å². The molecule has 4 nitrogen and oxygen atoms in total. The summed E-state index contributed by atoms with van der Waals surface area (Å²) in [5.41, 5.74) is 3.16. The summed E-state index contributed by atoms with van der Waals surface area (Å²) >= 11 is 0. The summed E-state index contributed by atoms with van der Waals surface area (Å²) in [4.78, 5) is 8.75. The Hall–Kier alpha value is -2.10. The number of methoxy groups -OCH3 is 1. The Balaban J connectivity index is 2.51. The van der Waals surface area contributed by atoms with E-state index in [1.54, 1.807) is 13.4 Å². The van der Waals surface area contributed by atoms with Gasteiger partial charge in [-0.1, -0.05) is 19.1 Å². The average Bonchev–Trinajstić information content (AvgIpc) is 2.47. The van der Waals surface area contributed by atoms with E-state index in [9.17, 15) is 0 Å². The highest BCUT2D eigenvalue weighted by molar-refractivity contribution is 5.69. The summed E-state index contributed by atoms with van der Waals surface area (Å²) < 4.78 is 5.27. The molecule has 0 aliphatic heterocycles. The zero-order valence-corrected chi connectivity index (χ0v) is 11.6. The molecule has 0 aliphatic rings. The van der Waals surface area contributed by atoms with Gasteiger partial charge >= 0.3 is 0 Å². The van der Waals surface area contributed by atoms with Crippen LogP contribution in [0.3, 0.4) is 0 Å². The molecular formula is C15H19N3O. The van der Waals surface area contributed by atoms with Crippen LogP contribution in [0, 0.1) is 0 Å². The fourth-order valence-electron chi connectivity index (χ4n) is 2.09. The van der Waals surface area contributed by atoms with Crippen molar-refractivity contribution in [3.63, 3.8) is 0 Å². The number of rotatable bonds is 5. The van der Waals surface area contributed by atoms with Crippen molar-refractivity contribution in [1.29, 1.82) is 0 Å². The Morgan fingerprint density at radius 1 is 1.21 bits per heavy atom. The van der Waals surface area contributed by atoms with E-state index in [1.165, 1.54) is 0 Å². The standard InChI is InChI=1S/C15H19N3O/c1-4-13-14(17-10-18-15(13)16-5-2)11-7-6-8-12(9-11)19-3/h6-10H,4-5H2,1-3H3,(H,16,17,18). The van der Waals surface area contributed by atoms with Gasteiger partial charge in [0.15, 0.2) is 0 Å². The first-order chi connectivity index (χ1) is 9.30. The number of hydrogen-bond acceptors (Lipinski definition) is 4. The van der Waals surface area contributed by atoms with Crippen LogP contribution in [0.25, 0.3) is 11.3 Å². The van der Waals surface area contributed by atoms with Gasteiger partial charge in [0.1, 0.15) is 17.9 Å². The average molecular weight is 257 g/mol. The van der Waals surface area contributed by atoms with Crippen LogP contribution in [0.1, 0.15) is 19.4 Å². The minimum absolute atomic E-state index is 0.836. The fraction of sp³-hybridized carbons (Fsp3) is 0.333. The van der Waals surface area contributed by atoms with Gasteiger partial charge in [0.2, 0.25) is 0 Å². The van der Waals surface area contributed by atoms with Crippen molar-refractivity contribution in [2.75, 3.05) is 19.0 Å². The van der Waals surface area contributed by atoms with Gasteiger partial charge in [-0.15, -0.1) is 0 Å². The molecule has 0 radical (unpaired) electrons. The third-order valence-corrected chi connectivity index (χ3v) is 2.99. The van der Waals surface area contributed by atoms with Crippen molar-refractivity contribution < 1.29 is 4.74 Å². The van der Waals surface area contributed by atoms with Crippen molar-refractivity contribution in [2.24, 2.45) is 0 Å². The maximum absolute atomic E-state index is 5.27. The smallest absolute Gasteiger partial charge is 0.133 e. The second-order valence-electron chi connectivity index (χ2n) is 4.17. The molecule has 100 valence electrons. The summed E-state index contributed by atoms with van der Waals surface area (Å²) in [6.45, 7) is 5.03. The maximum atomic E-state index is 5.27. The Bertz CT molecular complexity index is 555. The predicted molar refractivity (Wildman–Crippen MR) is 77.6 cm³/mol. The Morgan fingerprint density at radius 2 is 2.05 bits per heavy atom. The molecular weight excluding hydrogens is 238 g/mol. The zero-order chi connectivity index (χ0) is 13.7. The van der Waals surface area contributed by atoms with Crippen molar-refractivity contribution >= 4 is 5.82 Å². The molecule has 2 aromatic rings. The topological polar surface area (TPSA) is 47.0 Å². The molecule has 0 atom stereocenters. The molecule has 1 N–H and O–H groups in total. The maximum Gasteiger partial charge on any atom is 0.133 e. The molecule has 1 heterocycles. The fourth-order valence-corrected chi connectivity index (χ4v) is 2.09. The molecule has 0 spiro atoms. The van der Waals surface area contributed by atoms with Gasteiger partial charge in [-0.25, -0.2) is 9.97 Å². The van der Waals surface area contributed by atoms with E-state index in [2.05, 4.69) is 29.1 Å². The first-order valence-electron chi connectivity index (χ1n) is 6.52. The van der Waals surface area contributed by atoms with E-state index < -0.39 is 0 Å². The third kappa shape index (κ3) is 2.84. The molecule has 0 fully saturated rings. The van der Waals surface area contributed by atoms with Crippen LogP contribution in [-0.2, 0) is 6.42 Å². The quantitative estimate of drug-likeness (QED) is 0.893. The molecule has 1 aromatic heterocycles. The molecule has 0 aliphatic carbocycles. The van der Waals surface area contributed by atoms with E-state index in [4.69, 9.17) is 4.74 Å². The normalized spacial score (nSPS) is 10.3. The zero-order valence-electron chi connectivity index (χ0n) is 11.6. The molecule has 1 aromatic carbocycles. The number of anilines is 1. The summed E-state index contributed by atoms with van der Waals surface area (Å²) in [6.07, 6.45) is 2.49. The third-order valence-electron chi connectivity index (χ3n) is 2.99. The Kier molecular flexibility index (Phi) is 4.34. The van der Waals surface area contributed by atoms with Crippen molar-refractivity contribution in [3.8, 4) is 17.0 Å². The van der Waals surface area contributed by atoms with Crippen molar-refractivity contribution in [2.45, 2.75) is 20.3 Å². The highest BCUT2D eigenvalue weighted by Crippen LogP contribution is 2.28. The van der Waals surface area contributed by atoms with Crippen LogP contribution in [0.15, 0.2) is 30.6 Å². The molecule has 2 rings (SSSR count). The van der Waals surface area contributed by atoms with E-state index in [0.717, 1.165) is 41.4 Å². The first kappa shape index (κ1) is 13.3. The van der Waals surface area contributed by atoms with E-state index >= 15 is 0 Å². The Morgan fingerprint density at radius 3 is 2.74 bits per heavy atom. The molecule has 0 unspecified atom stereocenters. The van der Waals surface area contributed by atoms with Crippen LogP contribution < -0.4 is 10.1 Å². The van der Waals surface area contributed by atoms with E-state index in [0.29, 0.717) is 0 Å². The van der Waals surface area contributed by atoms with Gasteiger partial charge in [0.25, 0.3) is 0 Å². The largest absolute Gasteiger partial charge is 0.497 e. The number of nitrogens with one attached hydrogen (secondary N) is 1. The number of benzene rings is 1. The molecule has 0 saturated heterocycles. The first-order valence-corrected chi connectivity index (χ1v) is 6.52. The van der Waals surface area contributed by atoms with Gasteiger partial charge in [-0.2, -0.15) is 0 Å². The SMILES string of the molecule is CCNc1ncnc(-c2cccc(OC)c2)c1CC. The van der Waals surface area contributed by atoms with Gasteiger partial charge in [-0.05, 0) is 25.5 Å². The minimum atomic E-state index is 0.836. The number of hydrogen-bond donors (Lipinski definition) is 1. The highest BCUT2D eigenvalue weighted by atomic mass is 16.5. The lowest BCUT2D eigenvalue weighted by molar-refractivity contribution is 0.415. The highest BCUT2D eigenvalue weighted by Gasteiger charge is 2.11. The summed E-state index contributed by atoms with van der Waals surface area (Å²) in [5.74, 6) is 1.75. The number of nitrogens with zero attached hydrogens (tertiary/aromatic N) is 2. The lowest BCUT2D eigenvalue weighted by atomic mass is 10.0. The van der Waals surface area contributed by atoms with Crippen LogP contribution in [0.4, 0.5) is 5.82 Å². The summed E-state index contributed by atoms with van der Waals surface area (Å²) in [5, 5.41) is 3.28. The molecule has 0 bridgehead atoms. The van der Waals surface area contributed by atoms with E-state index in [-0.39, 0.29) is 0 Å². The molecule has 0 saturated carbocycles. The lowest BCUT2D eigenvalue weighted by Gasteiger charge is -2.12. The van der Waals surface area contributed by atoms with Crippen molar-refractivity contribution in [1.82, 2.24) is 9.97 Å².